The van der Waals surface area contributed by atoms with Crippen LogP contribution < -0.4 is 16.0 Å². The standard InChI is InChI=1S/C21H28N4O3/c1-15(14-23-20(27)28-21(2,3)4)13-18(26)25-17-11-8-12-22-19(17)24-16-9-6-5-7-10-16/h5-12,15H,13-14H2,1-4H3,(H,22,24)(H,23,27)(H,25,26). The highest BCUT2D eigenvalue weighted by Gasteiger charge is 2.17. The summed E-state index contributed by atoms with van der Waals surface area (Å²) in [5.74, 6) is 0.374. The third kappa shape index (κ3) is 7.65. The number of carbonyl (C=O) groups is 2. The smallest absolute Gasteiger partial charge is 0.407 e. The molecule has 0 fully saturated rings. The number of para-hydroxylation sites is 1. The van der Waals surface area contributed by atoms with Crippen LogP contribution in [0.4, 0.5) is 22.0 Å². The van der Waals surface area contributed by atoms with Gasteiger partial charge in [-0.3, -0.25) is 4.79 Å². The number of hydrogen-bond donors (Lipinski definition) is 3. The Morgan fingerprint density at radius 2 is 1.82 bits per heavy atom. The van der Waals surface area contributed by atoms with Crippen LogP contribution in [-0.2, 0) is 9.53 Å². The zero-order valence-corrected chi connectivity index (χ0v) is 16.8. The van der Waals surface area contributed by atoms with Crippen LogP contribution in [0.25, 0.3) is 0 Å². The van der Waals surface area contributed by atoms with Crippen LogP contribution in [0.1, 0.15) is 34.1 Å². The van der Waals surface area contributed by atoms with Gasteiger partial charge in [0.25, 0.3) is 0 Å². The number of benzene rings is 1. The van der Waals surface area contributed by atoms with Gasteiger partial charge in [-0.2, -0.15) is 0 Å². The minimum Gasteiger partial charge on any atom is -0.444 e. The molecule has 3 N–H and O–H groups in total. The lowest BCUT2D eigenvalue weighted by atomic mass is 10.1. The quantitative estimate of drug-likeness (QED) is 0.661. The lowest BCUT2D eigenvalue weighted by Gasteiger charge is -2.20. The van der Waals surface area contributed by atoms with Crippen molar-refractivity contribution in [3.05, 3.63) is 48.7 Å². The maximum absolute atomic E-state index is 12.4. The van der Waals surface area contributed by atoms with Gasteiger partial charge in [-0.05, 0) is 51.0 Å². The van der Waals surface area contributed by atoms with Crippen LogP contribution in [0.2, 0.25) is 0 Å². The van der Waals surface area contributed by atoms with E-state index in [0.29, 0.717) is 18.1 Å². The van der Waals surface area contributed by atoms with Crippen molar-refractivity contribution in [3.63, 3.8) is 0 Å². The van der Waals surface area contributed by atoms with Crippen molar-refractivity contribution in [3.8, 4) is 0 Å². The number of alkyl carbamates (subject to hydrolysis) is 1. The summed E-state index contributed by atoms with van der Waals surface area (Å²) >= 11 is 0. The molecule has 0 bridgehead atoms. The Hall–Kier alpha value is -3.09. The molecule has 7 nitrogen and oxygen atoms in total. The average Bonchev–Trinajstić information content (AvgIpc) is 2.61. The number of pyridine rings is 1. The van der Waals surface area contributed by atoms with Crippen LogP contribution >= 0.6 is 0 Å². The van der Waals surface area contributed by atoms with E-state index in [4.69, 9.17) is 4.74 Å². The van der Waals surface area contributed by atoms with Crippen molar-refractivity contribution in [1.82, 2.24) is 10.3 Å². The second kappa shape index (κ2) is 9.73. The number of nitrogens with zero attached hydrogens (tertiary/aromatic N) is 1. The number of aromatic nitrogens is 1. The fourth-order valence-corrected chi connectivity index (χ4v) is 2.43. The molecule has 0 saturated heterocycles. The summed E-state index contributed by atoms with van der Waals surface area (Å²) in [6.45, 7) is 7.66. The van der Waals surface area contributed by atoms with E-state index in [1.165, 1.54) is 0 Å². The summed E-state index contributed by atoms with van der Waals surface area (Å²) in [7, 11) is 0. The lowest BCUT2D eigenvalue weighted by molar-refractivity contribution is -0.117. The number of anilines is 3. The van der Waals surface area contributed by atoms with E-state index in [1.807, 2.05) is 37.3 Å². The number of nitrogens with one attached hydrogen (secondary N) is 3. The maximum Gasteiger partial charge on any atom is 0.407 e. The summed E-state index contributed by atoms with van der Waals surface area (Å²) < 4.78 is 5.19. The molecule has 2 amide bonds. The molecular formula is C21H28N4O3. The van der Waals surface area contributed by atoms with E-state index in [2.05, 4.69) is 20.9 Å². The number of rotatable bonds is 7. The van der Waals surface area contributed by atoms with Gasteiger partial charge in [-0.25, -0.2) is 9.78 Å². The molecule has 0 aliphatic carbocycles. The van der Waals surface area contributed by atoms with Crippen LogP contribution in [0.5, 0.6) is 0 Å². The highest BCUT2D eigenvalue weighted by molar-refractivity contribution is 5.94. The van der Waals surface area contributed by atoms with E-state index in [1.54, 1.807) is 39.1 Å². The Morgan fingerprint density at radius 1 is 1.11 bits per heavy atom. The molecule has 7 heteroatoms. The largest absolute Gasteiger partial charge is 0.444 e. The van der Waals surface area contributed by atoms with Gasteiger partial charge in [-0.15, -0.1) is 0 Å². The van der Waals surface area contributed by atoms with Crippen LogP contribution in [0, 0.1) is 5.92 Å². The molecule has 1 aromatic heterocycles. The van der Waals surface area contributed by atoms with Gasteiger partial charge in [0.2, 0.25) is 5.91 Å². The van der Waals surface area contributed by atoms with E-state index < -0.39 is 11.7 Å². The molecule has 28 heavy (non-hydrogen) atoms. The van der Waals surface area contributed by atoms with Gasteiger partial charge in [-0.1, -0.05) is 25.1 Å². The Morgan fingerprint density at radius 3 is 2.50 bits per heavy atom. The normalized spacial score (nSPS) is 12.0. The Kier molecular flexibility index (Phi) is 7.37. The zero-order chi connectivity index (χ0) is 20.6. The van der Waals surface area contributed by atoms with Crippen LogP contribution in [0.3, 0.4) is 0 Å². The second-order valence-corrected chi connectivity index (χ2v) is 7.63. The molecule has 1 heterocycles. The van der Waals surface area contributed by atoms with Gasteiger partial charge in [0.15, 0.2) is 5.82 Å². The molecule has 2 rings (SSSR count). The summed E-state index contributed by atoms with van der Waals surface area (Å²) in [6.07, 6.45) is 1.44. The number of carbonyl (C=O) groups excluding carboxylic acids is 2. The van der Waals surface area contributed by atoms with Gasteiger partial charge >= 0.3 is 6.09 Å². The predicted molar refractivity (Wildman–Crippen MR) is 111 cm³/mol. The minimum atomic E-state index is -0.548. The maximum atomic E-state index is 12.4. The van der Waals surface area contributed by atoms with Gasteiger partial charge in [0, 0.05) is 24.8 Å². The van der Waals surface area contributed by atoms with Crippen molar-refractivity contribution in [1.29, 1.82) is 0 Å². The molecule has 2 aromatic rings. The molecule has 0 aliphatic heterocycles. The number of ether oxygens (including phenoxy) is 1. The molecule has 1 aromatic carbocycles. The third-order valence-electron chi connectivity index (χ3n) is 3.65. The SMILES string of the molecule is CC(CNC(=O)OC(C)(C)C)CC(=O)Nc1cccnc1Nc1ccccc1. The zero-order valence-electron chi connectivity index (χ0n) is 16.8. The fraction of sp³-hybridized carbons (Fsp3) is 0.381. The van der Waals surface area contributed by atoms with E-state index in [-0.39, 0.29) is 18.2 Å². The monoisotopic (exact) mass is 384 g/mol. The summed E-state index contributed by atoms with van der Waals surface area (Å²) in [4.78, 5) is 28.4. The lowest BCUT2D eigenvalue weighted by Crippen LogP contribution is -2.35. The third-order valence-corrected chi connectivity index (χ3v) is 3.65. The first-order chi connectivity index (χ1) is 13.2. The highest BCUT2D eigenvalue weighted by atomic mass is 16.6. The molecule has 0 radical (unpaired) electrons. The van der Waals surface area contributed by atoms with Gasteiger partial charge in [0.05, 0.1) is 5.69 Å². The molecule has 150 valence electrons. The van der Waals surface area contributed by atoms with Crippen LogP contribution in [-0.4, -0.2) is 29.1 Å². The first kappa shape index (κ1) is 21.2. The molecule has 1 unspecified atom stereocenters. The topological polar surface area (TPSA) is 92.3 Å². The Bertz CT molecular complexity index is 788. The van der Waals surface area contributed by atoms with Crippen molar-refractivity contribution in [2.45, 2.75) is 39.7 Å². The highest BCUT2D eigenvalue weighted by Crippen LogP contribution is 2.23. The molecule has 0 aliphatic rings. The minimum absolute atomic E-state index is 0.0466. The first-order valence-electron chi connectivity index (χ1n) is 9.27. The van der Waals surface area contributed by atoms with Crippen molar-refractivity contribution < 1.29 is 14.3 Å². The molecular weight excluding hydrogens is 356 g/mol. The van der Waals surface area contributed by atoms with Gasteiger partial charge < -0.3 is 20.7 Å². The van der Waals surface area contributed by atoms with E-state index in [0.717, 1.165) is 5.69 Å². The summed E-state index contributed by atoms with van der Waals surface area (Å²) in [5, 5.41) is 8.76. The average molecular weight is 384 g/mol. The molecule has 0 saturated carbocycles. The Balaban J connectivity index is 1.86. The van der Waals surface area contributed by atoms with Crippen LogP contribution in [0.15, 0.2) is 48.7 Å². The number of hydrogen-bond acceptors (Lipinski definition) is 5. The van der Waals surface area contributed by atoms with Crippen molar-refractivity contribution >= 4 is 29.2 Å². The summed E-state index contributed by atoms with van der Waals surface area (Å²) in [5.41, 5.74) is 0.933. The molecule has 1 atom stereocenters. The fourth-order valence-electron chi connectivity index (χ4n) is 2.43. The van der Waals surface area contributed by atoms with E-state index >= 15 is 0 Å². The first-order valence-corrected chi connectivity index (χ1v) is 9.27. The van der Waals surface area contributed by atoms with E-state index in [9.17, 15) is 9.59 Å². The van der Waals surface area contributed by atoms with Crippen molar-refractivity contribution in [2.75, 3.05) is 17.2 Å². The summed E-state index contributed by atoms with van der Waals surface area (Å²) in [6, 6.07) is 13.2. The Labute approximate surface area is 165 Å². The van der Waals surface area contributed by atoms with Crippen molar-refractivity contribution in [2.24, 2.45) is 5.92 Å². The van der Waals surface area contributed by atoms with Gasteiger partial charge in [0.1, 0.15) is 5.60 Å². The second-order valence-electron chi connectivity index (χ2n) is 7.63. The predicted octanol–water partition coefficient (Wildman–Crippen LogP) is 4.31. The number of amides is 2. The molecule has 0 spiro atoms.